The second-order valence-electron chi connectivity index (χ2n) is 2.30. The number of alkyl halides is 2. The fraction of sp³-hybridized carbons (Fsp3) is 0.143. The van der Waals surface area contributed by atoms with Crippen molar-refractivity contribution in [2.24, 2.45) is 0 Å². The third-order valence-corrected chi connectivity index (χ3v) is 1.96. The molecule has 0 spiro atoms. The molecule has 1 heterocycles. The van der Waals surface area contributed by atoms with E-state index in [4.69, 9.17) is 5.11 Å². The van der Waals surface area contributed by atoms with Gasteiger partial charge in [0.2, 0.25) is 0 Å². The van der Waals surface area contributed by atoms with E-state index in [9.17, 15) is 18.0 Å². The topological polar surface area (TPSA) is 50.2 Å². The highest BCUT2D eigenvalue weighted by Crippen LogP contribution is 2.24. The number of aromatic carboxylic acids is 1. The third-order valence-electron chi connectivity index (χ3n) is 1.40. The van der Waals surface area contributed by atoms with Crippen LogP contribution in [0.15, 0.2) is 10.7 Å². The average Bonchev–Trinajstić information content (AvgIpc) is 2.08. The zero-order valence-electron chi connectivity index (χ0n) is 6.47. The molecule has 0 saturated heterocycles. The molecular formula is C7H3BrF3NO2. The van der Waals surface area contributed by atoms with Crippen LogP contribution in [-0.4, -0.2) is 16.1 Å². The third kappa shape index (κ3) is 2.03. The molecular weight excluding hydrogens is 267 g/mol. The Hall–Kier alpha value is -1.11. The number of rotatable bonds is 2. The number of hydrogen-bond donors (Lipinski definition) is 1. The Morgan fingerprint density at radius 1 is 1.57 bits per heavy atom. The molecule has 1 N–H and O–H groups in total. The summed E-state index contributed by atoms with van der Waals surface area (Å²) in [7, 11) is 0. The normalized spacial score (nSPS) is 10.6. The summed E-state index contributed by atoms with van der Waals surface area (Å²) in [5, 5.41) is 8.47. The van der Waals surface area contributed by atoms with Crippen LogP contribution in [0.2, 0.25) is 0 Å². The van der Waals surface area contributed by atoms with E-state index in [1.807, 2.05) is 0 Å². The first-order valence-corrected chi connectivity index (χ1v) is 4.10. The maximum Gasteiger partial charge on any atom is 0.337 e. The van der Waals surface area contributed by atoms with Gasteiger partial charge in [0, 0.05) is 0 Å². The molecule has 0 atom stereocenters. The van der Waals surface area contributed by atoms with Crippen LogP contribution >= 0.6 is 15.9 Å². The van der Waals surface area contributed by atoms with Gasteiger partial charge in [0.15, 0.2) is 5.82 Å². The number of nitrogens with zero attached hydrogens (tertiary/aromatic N) is 1. The summed E-state index contributed by atoms with van der Waals surface area (Å²) in [4.78, 5) is 13.5. The van der Waals surface area contributed by atoms with Gasteiger partial charge < -0.3 is 5.11 Å². The Morgan fingerprint density at radius 2 is 2.14 bits per heavy atom. The lowest BCUT2D eigenvalue weighted by Gasteiger charge is -2.04. The van der Waals surface area contributed by atoms with Gasteiger partial charge in [-0.2, -0.15) is 0 Å². The quantitative estimate of drug-likeness (QED) is 0.840. The van der Waals surface area contributed by atoms with E-state index >= 15 is 0 Å². The molecule has 0 bridgehead atoms. The Kier molecular flexibility index (Phi) is 3.10. The van der Waals surface area contributed by atoms with Crippen molar-refractivity contribution in [1.82, 2.24) is 4.98 Å². The van der Waals surface area contributed by atoms with Gasteiger partial charge in [0.25, 0.3) is 6.43 Å². The summed E-state index contributed by atoms with van der Waals surface area (Å²) in [5.74, 6) is -2.63. The SMILES string of the molecule is O=C(O)c1cc(F)c(Br)nc1C(F)F. The van der Waals surface area contributed by atoms with Crippen LogP contribution in [0.4, 0.5) is 13.2 Å². The summed E-state index contributed by atoms with van der Waals surface area (Å²) in [6.07, 6.45) is -3.06. The molecule has 0 aromatic carbocycles. The first kappa shape index (κ1) is 11.0. The molecule has 7 heteroatoms. The maximum atomic E-state index is 12.8. The standard InChI is InChI=1S/C7H3BrF3NO2/c8-5-3(9)1-2(7(13)14)4(12-5)6(10)11/h1,6H,(H,13,14). The Morgan fingerprint density at radius 3 is 2.57 bits per heavy atom. The van der Waals surface area contributed by atoms with Crippen molar-refractivity contribution >= 4 is 21.9 Å². The van der Waals surface area contributed by atoms with E-state index in [1.54, 1.807) is 0 Å². The lowest BCUT2D eigenvalue weighted by Crippen LogP contribution is -2.07. The molecule has 14 heavy (non-hydrogen) atoms. The number of aromatic nitrogens is 1. The van der Waals surface area contributed by atoms with Crippen LogP contribution in [0.1, 0.15) is 22.5 Å². The van der Waals surface area contributed by atoms with Gasteiger partial charge in [-0.25, -0.2) is 22.9 Å². The van der Waals surface area contributed by atoms with Gasteiger partial charge in [-0.1, -0.05) is 0 Å². The van der Waals surface area contributed by atoms with Crippen molar-refractivity contribution in [2.45, 2.75) is 6.43 Å². The first-order chi connectivity index (χ1) is 6.43. The Labute approximate surface area is 84.7 Å². The number of carboxylic acids is 1. The Balaban J connectivity index is 3.39. The number of halogens is 4. The van der Waals surface area contributed by atoms with E-state index in [0.29, 0.717) is 6.07 Å². The molecule has 76 valence electrons. The van der Waals surface area contributed by atoms with Crippen molar-refractivity contribution < 1.29 is 23.1 Å². The smallest absolute Gasteiger partial charge is 0.337 e. The first-order valence-electron chi connectivity index (χ1n) is 3.31. The zero-order chi connectivity index (χ0) is 10.9. The molecule has 0 aliphatic rings. The summed E-state index contributed by atoms with van der Waals surface area (Å²) in [6, 6.07) is 0.501. The molecule has 1 aromatic heterocycles. The van der Waals surface area contributed by atoms with Crippen molar-refractivity contribution in [3.8, 4) is 0 Å². The average molecular weight is 270 g/mol. The molecule has 0 aliphatic carbocycles. The van der Waals surface area contributed by atoms with E-state index in [-0.39, 0.29) is 0 Å². The van der Waals surface area contributed by atoms with Gasteiger partial charge in [0.05, 0.1) is 5.56 Å². The van der Waals surface area contributed by atoms with Crippen molar-refractivity contribution in [3.63, 3.8) is 0 Å². The highest BCUT2D eigenvalue weighted by atomic mass is 79.9. The molecule has 0 fully saturated rings. The minimum Gasteiger partial charge on any atom is -0.478 e. The molecule has 0 radical (unpaired) electrons. The molecule has 1 rings (SSSR count). The maximum absolute atomic E-state index is 12.8. The zero-order valence-corrected chi connectivity index (χ0v) is 8.06. The van der Waals surface area contributed by atoms with Crippen molar-refractivity contribution in [1.29, 1.82) is 0 Å². The summed E-state index contributed by atoms with van der Waals surface area (Å²) in [5.41, 5.74) is -1.79. The number of carbonyl (C=O) groups is 1. The van der Waals surface area contributed by atoms with Crippen molar-refractivity contribution in [3.05, 3.63) is 27.7 Å². The van der Waals surface area contributed by atoms with Crippen LogP contribution in [-0.2, 0) is 0 Å². The van der Waals surface area contributed by atoms with E-state index in [0.717, 1.165) is 0 Å². The predicted octanol–water partition coefficient (Wildman–Crippen LogP) is 2.62. The van der Waals surface area contributed by atoms with Crippen LogP contribution in [0.3, 0.4) is 0 Å². The van der Waals surface area contributed by atoms with Crippen LogP contribution in [0, 0.1) is 5.82 Å². The molecule has 0 amide bonds. The lowest BCUT2D eigenvalue weighted by molar-refractivity contribution is 0.0681. The molecule has 0 aliphatic heterocycles. The van der Waals surface area contributed by atoms with Crippen LogP contribution in [0.5, 0.6) is 0 Å². The van der Waals surface area contributed by atoms with E-state index in [1.165, 1.54) is 0 Å². The number of pyridine rings is 1. The fourth-order valence-corrected chi connectivity index (χ4v) is 1.12. The molecule has 1 aromatic rings. The van der Waals surface area contributed by atoms with Gasteiger partial charge in [-0.3, -0.25) is 0 Å². The van der Waals surface area contributed by atoms with Gasteiger partial charge in [0.1, 0.15) is 10.3 Å². The van der Waals surface area contributed by atoms with Crippen LogP contribution < -0.4 is 0 Å². The minimum absolute atomic E-state index is 0.433. The molecule has 0 unspecified atom stereocenters. The predicted molar refractivity (Wildman–Crippen MR) is 43.8 cm³/mol. The second-order valence-corrected chi connectivity index (χ2v) is 3.05. The van der Waals surface area contributed by atoms with E-state index < -0.39 is 34.1 Å². The second kappa shape index (κ2) is 3.95. The molecule has 3 nitrogen and oxygen atoms in total. The largest absolute Gasteiger partial charge is 0.478 e. The monoisotopic (exact) mass is 269 g/mol. The summed E-state index contributed by atoms with van der Waals surface area (Å²) < 4.78 is 36.8. The fourth-order valence-electron chi connectivity index (χ4n) is 0.817. The van der Waals surface area contributed by atoms with E-state index in [2.05, 4.69) is 20.9 Å². The van der Waals surface area contributed by atoms with Gasteiger partial charge in [-0.15, -0.1) is 0 Å². The number of carboxylic acid groups (broad SMARTS) is 1. The lowest BCUT2D eigenvalue weighted by atomic mass is 10.2. The summed E-state index contributed by atoms with van der Waals surface area (Å²) in [6.45, 7) is 0. The van der Waals surface area contributed by atoms with Crippen LogP contribution in [0.25, 0.3) is 0 Å². The Bertz CT molecular complexity index is 383. The minimum atomic E-state index is -3.06. The molecule has 0 saturated carbocycles. The van der Waals surface area contributed by atoms with Crippen molar-refractivity contribution in [2.75, 3.05) is 0 Å². The number of hydrogen-bond acceptors (Lipinski definition) is 2. The van der Waals surface area contributed by atoms with Gasteiger partial charge in [-0.05, 0) is 22.0 Å². The highest BCUT2D eigenvalue weighted by Gasteiger charge is 2.22. The summed E-state index contributed by atoms with van der Waals surface area (Å²) >= 11 is 2.59. The highest BCUT2D eigenvalue weighted by molar-refractivity contribution is 9.10. The van der Waals surface area contributed by atoms with Gasteiger partial charge >= 0.3 is 5.97 Å².